The molecule has 0 saturated carbocycles. The Hall–Kier alpha value is -1.56. The van der Waals surface area contributed by atoms with Crippen LogP contribution < -0.4 is 5.73 Å². The van der Waals surface area contributed by atoms with Gasteiger partial charge in [-0.1, -0.05) is 6.92 Å². The van der Waals surface area contributed by atoms with Gasteiger partial charge in [0.2, 0.25) is 5.91 Å². The third-order valence-electron chi connectivity index (χ3n) is 2.92. The quantitative estimate of drug-likeness (QED) is 0.751. The molecule has 19 heavy (non-hydrogen) atoms. The Bertz CT molecular complexity index is 388. The van der Waals surface area contributed by atoms with Crippen molar-refractivity contribution in [2.24, 2.45) is 0 Å². The Labute approximate surface area is 115 Å². The fourth-order valence-electron chi connectivity index (χ4n) is 1.88. The van der Waals surface area contributed by atoms with Crippen LogP contribution in [0.25, 0.3) is 0 Å². The number of anilines is 1. The van der Waals surface area contributed by atoms with Gasteiger partial charge >= 0.3 is 0 Å². The smallest absolute Gasteiger partial charge is 0.236 e. The van der Waals surface area contributed by atoms with Gasteiger partial charge in [-0.05, 0) is 25.5 Å². The third kappa shape index (κ3) is 5.74. The number of hydrogen-bond acceptors (Lipinski definition) is 4. The van der Waals surface area contributed by atoms with E-state index in [1.165, 1.54) is 0 Å². The van der Waals surface area contributed by atoms with E-state index in [0.29, 0.717) is 12.4 Å². The minimum absolute atomic E-state index is 0.150. The number of carbonyl (C=O) groups excluding carboxylic acids is 1. The van der Waals surface area contributed by atoms with Crippen molar-refractivity contribution in [1.82, 2.24) is 19.6 Å². The predicted molar refractivity (Wildman–Crippen MR) is 76.7 cm³/mol. The van der Waals surface area contributed by atoms with Gasteiger partial charge < -0.3 is 10.6 Å². The summed E-state index contributed by atoms with van der Waals surface area (Å²) in [6.45, 7) is 5.28. The van der Waals surface area contributed by atoms with E-state index < -0.39 is 0 Å². The molecule has 0 spiro atoms. The molecule has 0 bridgehead atoms. The molecule has 1 aromatic heterocycles. The molecule has 108 valence electrons. The molecule has 0 aliphatic rings. The van der Waals surface area contributed by atoms with E-state index in [9.17, 15) is 4.79 Å². The fourth-order valence-corrected chi connectivity index (χ4v) is 1.88. The summed E-state index contributed by atoms with van der Waals surface area (Å²) in [5.41, 5.74) is 5.56. The SMILES string of the molecule is CCCN(CCCn1ccc(N)n1)CC(=O)N(C)C. The number of aromatic nitrogens is 2. The Balaban J connectivity index is 2.34. The predicted octanol–water partition coefficient (Wildman–Crippen LogP) is 0.656. The van der Waals surface area contributed by atoms with E-state index in [0.717, 1.165) is 32.5 Å². The fraction of sp³-hybridized carbons (Fsp3) is 0.692. The summed E-state index contributed by atoms with van der Waals surface area (Å²) in [5, 5.41) is 4.14. The Morgan fingerprint density at radius 1 is 1.42 bits per heavy atom. The van der Waals surface area contributed by atoms with E-state index in [2.05, 4.69) is 16.9 Å². The van der Waals surface area contributed by atoms with Crippen molar-refractivity contribution in [3.63, 3.8) is 0 Å². The maximum Gasteiger partial charge on any atom is 0.236 e. The van der Waals surface area contributed by atoms with E-state index in [1.807, 2.05) is 10.9 Å². The van der Waals surface area contributed by atoms with Gasteiger partial charge in [0.25, 0.3) is 0 Å². The molecular weight excluding hydrogens is 242 g/mol. The topological polar surface area (TPSA) is 67.4 Å². The zero-order valence-corrected chi connectivity index (χ0v) is 12.2. The van der Waals surface area contributed by atoms with Gasteiger partial charge in [-0.2, -0.15) is 5.10 Å². The first-order chi connectivity index (χ1) is 9.02. The number of hydrogen-bond donors (Lipinski definition) is 1. The highest BCUT2D eigenvalue weighted by Crippen LogP contribution is 2.00. The van der Waals surface area contributed by atoms with Crippen LogP contribution in [0.15, 0.2) is 12.3 Å². The van der Waals surface area contributed by atoms with Crippen molar-refractivity contribution >= 4 is 11.7 Å². The molecule has 0 aliphatic heterocycles. The second-order valence-corrected chi connectivity index (χ2v) is 4.92. The van der Waals surface area contributed by atoms with Gasteiger partial charge in [0.15, 0.2) is 0 Å². The Morgan fingerprint density at radius 2 is 2.16 bits per heavy atom. The molecule has 6 heteroatoms. The number of nitrogens with two attached hydrogens (primary N) is 1. The molecule has 0 fully saturated rings. The van der Waals surface area contributed by atoms with Gasteiger partial charge in [0.05, 0.1) is 6.54 Å². The third-order valence-corrected chi connectivity index (χ3v) is 2.92. The molecule has 0 saturated heterocycles. The average molecular weight is 267 g/mol. The molecule has 0 radical (unpaired) electrons. The van der Waals surface area contributed by atoms with Gasteiger partial charge in [-0.3, -0.25) is 14.4 Å². The molecule has 0 unspecified atom stereocenters. The van der Waals surface area contributed by atoms with Crippen LogP contribution in [0.4, 0.5) is 5.82 Å². The van der Waals surface area contributed by atoms with E-state index in [-0.39, 0.29) is 5.91 Å². The molecule has 1 heterocycles. The number of amides is 1. The van der Waals surface area contributed by atoms with Crippen LogP contribution in [0.2, 0.25) is 0 Å². The van der Waals surface area contributed by atoms with Gasteiger partial charge in [0, 0.05) is 33.4 Å². The van der Waals surface area contributed by atoms with Crippen molar-refractivity contribution < 1.29 is 4.79 Å². The molecule has 1 amide bonds. The lowest BCUT2D eigenvalue weighted by Crippen LogP contribution is -2.37. The van der Waals surface area contributed by atoms with Crippen LogP contribution in [-0.2, 0) is 11.3 Å². The largest absolute Gasteiger partial charge is 0.382 e. The highest BCUT2D eigenvalue weighted by Gasteiger charge is 2.11. The van der Waals surface area contributed by atoms with Crippen LogP contribution >= 0.6 is 0 Å². The standard InChI is InChI=1S/C13H25N5O/c1-4-7-17(11-13(19)16(2)3)8-5-9-18-10-6-12(14)15-18/h6,10H,4-5,7-9,11H2,1-3H3,(H2,14,15). The summed E-state index contributed by atoms with van der Waals surface area (Å²) in [7, 11) is 3.58. The summed E-state index contributed by atoms with van der Waals surface area (Å²) >= 11 is 0. The van der Waals surface area contributed by atoms with E-state index in [1.54, 1.807) is 25.1 Å². The zero-order valence-electron chi connectivity index (χ0n) is 12.2. The number of rotatable bonds is 8. The molecular formula is C13H25N5O. The second kappa shape index (κ2) is 7.78. The number of likely N-dealkylation sites (N-methyl/N-ethyl adjacent to an activating group) is 1. The number of nitrogen functional groups attached to an aromatic ring is 1. The molecule has 6 nitrogen and oxygen atoms in total. The molecule has 1 rings (SSSR count). The first kappa shape index (κ1) is 15.5. The minimum Gasteiger partial charge on any atom is -0.382 e. The van der Waals surface area contributed by atoms with Crippen LogP contribution in [0.3, 0.4) is 0 Å². The van der Waals surface area contributed by atoms with Crippen LogP contribution in [0.5, 0.6) is 0 Å². The lowest BCUT2D eigenvalue weighted by atomic mass is 10.3. The van der Waals surface area contributed by atoms with E-state index >= 15 is 0 Å². The van der Waals surface area contributed by atoms with Gasteiger partial charge in [-0.15, -0.1) is 0 Å². The van der Waals surface area contributed by atoms with Gasteiger partial charge in [0.1, 0.15) is 5.82 Å². The maximum absolute atomic E-state index is 11.7. The lowest BCUT2D eigenvalue weighted by Gasteiger charge is -2.22. The van der Waals surface area contributed by atoms with Crippen molar-refractivity contribution in [2.45, 2.75) is 26.3 Å². The van der Waals surface area contributed by atoms with Crippen LogP contribution in [-0.4, -0.2) is 59.2 Å². The first-order valence-electron chi connectivity index (χ1n) is 6.74. The van der Waals surface area contributed by atoms with E-state index in [4.69, 9.17) is 5.73 Å². The molecule has 0 aliphatic carbocycles. The first-order valence-corrected chi connectivity index (χ1v) is 6.74. The maximum atomic E-state index is 11.7. The number of aryl methyl sites for hydroxylation is 1. The highest BCUT2D eigenvalue weighted by molar-refractivity contribution is 5.77. The number of carbonyl (C=O) groups is 1. The minimum atomic E-state index is 0.150. The second-order valence-electron chi connectivity index (χ2n) is 4.92. The van der Waals surface area contributed by atoms with Crippen molar-refractivity contribution in [1.29, 1.82) is 0 Å². The molecule has 2 N–H and O–H groups in total. The Kier molecular flexibility index (Phi) is 6.35. The summed E-state index contributed by atoms with van der Waals surface area (Å²) in [5.74, 6) is 0.699. The number of nitrogens with zero attached hydrogens (tertiary/aromatic N) is 4. The monoisotopic (exact) mass is 267 g/mol. The Morgan fingerprint density at radius 3 is 2.68 bits per heavy atom. The normalized spacial score (nSPS) is 10.9. The summed E-state index contributed by atoms with van der Waals surface area (Å²) in [6, 6.07) is 1.79. The molecule has 0 aromatic carbocycles. The van der Waals surface area contributed by atoms with Crippen molar-refractivity contribution in [3.05, 3.63) is 12.3 Å². The lowest BCUT2D eigenvalue weighted by molar-refractivity contribution is -0.129. The highest BCUT2D eigenvalue weighted by atomic mass is 16.2. The van der Waals surface area contributed by atoms with Crippen LogP contribution in [0.1, 0.15) is 19.8 Å². The summed E-state index contributed by atoms with van der Waals surface area (Å²) < 4.78 is 1.84. The van der Waals surface area contributed by atoms with Crippen molar-refractivity contribution in [2.75, 3.05) is 39.5 Å². The zero-order chi connectivity index (χ0) is 14.3. The summed E-state index contributed by atoms with van der Waals surface area (Å²) in [4.78, 5) is 15.5. The van der Waals surface area contributed by atoms with Crippen LogP contribution in [0, 0.1) is 0 Å². The molecule has 0 atom stereocenters. The van der Waals surface area contributed by atoms with Crippen molar-refractivity contribution in [3.8, 4) is 0 Å². The van der Waals surface area contributed by atoms with Gasteiger partial charge in [-0.25, -0.2) is 0 Å². The molecule has 1 aromatic rings. The summed E-state index contributed by atoms with van der Waals surface area (Å²) in [6.07, 6.45) is 3.89. The average Bonchev–Trinajstić information content (AvgIpc) is 2.75.